The summed E-state index contributed by atoms with van der Waals surface area (Å²) in [5.74, 6) is 0.763. The Hall–Kier alpha value is -0.730. The molecule has 0 bridgehead atoms. The molecule has 0 spiro atoms. The lowest BCUT2D eigenvalue weighted by Crippen LogP contribution is -2.44. The fourth-order valence-electron chi connectivity index (χ4n) is 2.28. The number of aliphatic hydroxyl groups excluding tert-OH is 1. The highest BCUT2D eigenvalue weighted by Gasteiger charge is 2.24. The second-order valence-corrected chi connectivity index (χ2v) is 5.24. The van der Waals surface area contributed by atoms with Crippen LogP contribution in [-0.2, 0) is 4.79 Å². The second-order valence-electron chi connectivity index (χ2n) is 4.25. The molecule has 0 aliphatic heterocycles. The van der Waals surface area contributed by atoms with Gasteiger partial charge in [-0.2, -0.15) is 5.26 Å². The maximum absolute atomic E-state index is 12.0. The molecule has 0 saturated heterocycles. The number of hydrogen-bond acceptors (Lipinski definition) is 4. The first-order valence-electron chi connectivity index (χ1n) is 6.14. The van der Waals surface area contributed by atoms with Gasteiger partial charge in [0.2, 0.25) is 5.91 Å². The van der Waals surface area contributed by atoms with Crippen LogP contribution in [0.2, 0.25) is 0 Å². The molecule has 0 heterocycles. The zero-order valence-electron chi connectivity index (χ0n) is 10.1. The number of carbonyl (C=O) groups is 1. The molecule has 96 valence electrons. The van der Waals surface area contributed by atoms with Crippen LogP contribution in [0.25, 0.3) is 0 Å². The van der Waals surface area contributed by atoms with Crippen LogP contribution in [-0.4, -0.2) is 46.6 Å². The number of rotatable bonds is 6. The monoisotopic (exact) mass is 256 g/mol. The molecule has 0 aromatic rings. The van der Waals surface area contributed by atoms with Gasteiger partial charge in [0.25, 0.3) is 0 Å². The van der Waals surface area contributed by atoms with Crippen LogP contribution in [0.15, 0.2) is 0 Å². The first-order chi connectivity index (χ1) is 8.29. The van der Waals surface area contributed by atoms with E-state index in [2.05, 4.69) is 0 Å². The SMILES string of the molecule is N#CCSCC(=O)N(CCO)C1CCCCC1. The van der Waals surface area contributed by atoms with E-state index < -0.39 is 0 Å². The lowest BCUT2D eigenvalue weighted by atomic mass is 9.94. The Bertz CT molecular complexity index is 272. The summed E-state index contributed by atoms with van der Waals surface area (Å²) in [5.41, 5.74) is 0. The first-order valence-corrected chi connectivity index (χ1v) is 7.30. The largest absolute Gasteiger partial charge is 0.395 e. The third kappa shape index (κ3) is 4.97. The van der Waals surface area contributed by atoms with Gasteiger partial charge in [0.15, 0.2) is 0 Å². The Morgan fingerprint density at radius 3 is 2.71 bits per heavy atom. The maximum atomic E-state index is 12.0. The molecule has 5 heteroatoms. The first kappa shape index (κ1) is 14.3. The van der Waals surface area contributed by atoms with Crippen LogP contribution < -0.4 is 0 Å². The van der Waals surface area contributed by atoms with Gasteiger partial charge in [-0.05, 0) is 12.8 Å². The van der Waals surface area contributed by atoms with Gasteiger partial charge in [0.1, 0.15) is 0 Å². The number of nitriles is 1. The molecule has 0 radical (unpaired) electrons. The topological polar surface area (TPSA) is 64.3 Å². The Labute approximate surface area is 107 Å². The Kier molecular flexibility index (Phi) is 7.06. The van der Waals surface area contributed by atoms with Crippen LogP contribution in [0.1, 0.15) is 32.1 Å². The number of aliphatic hydroxyl groups is 1. The summed E-state index contributed by atoms with van der Waals surface area (Å²) >= 11 is 1.35. The Morgan fingerprint density at radius 2 is 2.12 bits per heavy atom. The van der Waals surface area contributed by atoms with Gasteiger partial charge in [-0.25, -0.2) is 0 Å². The number of hydrogen-bond donors (Lipinski definition) is 1. The third-order valence-corrected chi connectivity index (χ3v) is 3.85. The van der Waals surface area contributed by atoms with Crippen molar-refractivity contribution in [3.63, 3.8) is 0 Å². The molecule has 0 unspecified atom stereocenters. The Balaban J connectivity index is 2.45. The van der Waals surface area contributed by atoms with E-state index >= 15 is 0 Å². The molecular formula is C12H20N2O2S. The molecule has 1 fully saturated rings. The molecule has 1 aliphatic rings. The van der Waals surface area contributed by atoms with Crippen molar-refractivity contribution in [2.75, 3.05) is 24.7 Å². The van der Waals surface area contributed by atoms with Gasteiger partial charge >= 0.3 is 0 Å². The quantitative estimate of drug-likeness (QED) is 0.730. The average Bonchev–Trinajstić information content (AvgIpc) is 2.37. The van der Waals surface area contributed by atoms with Crippen molar-refractivity contribution in [2.24, 2.45) is 0 Å². The zero-order chi connectivity index (χ0) is 12.5. The fourth-order valence-corrected chi connectivity index (χ4v) is 2.81. The van der Waals surface area contributed by atoms with E-state index in [0.29, 0.717) is 24.1 Å². The van der Waals surface area contributed by atoms with Gasteiger partial charge in [0, 0.05) is 12.6 Å². The molecular weight excluding hydrogens is 236 g/mol. The van der Waals surface area contributed by atoms with E-state index in [1.54, 1.807) is 0 Å². The maximum Gasteiger partial charge on any atom is 0.232 e. The molecule has 0 atom stereocenters. The molecule has 1 saturated carbocycles. The summed E-state index contributed by atoms with van der Waals surface area (Å²) in [6.45, 7) is 0.446. The normalized spacial score (nSPS) is 16.5. The number of carbonyl (C=O) groups excluding carboxylic acids is 1. The molecule has 1 amide bonds. The summed E-state index contributed by atoms with van der Waals surface area (Å²) in [4.78, 5) is 13.8. The minimum atomic E-state index is 0.0190. The highest BCUT2D eigenvalue weighted by Crippen LogP contribution is 2.23. The third-order valence-electron chi connectivity index (χ3n) is 3.07. The standard InChI is InChI=1S/C12H20N2O2S/c13-6-9-17-10-12(16)14(7-8-15)11-4-2-1-3-5-11/h11,15H,1-5,7-10H2. The molecule has 0 aromatic heterocycles. The lowest BCUT2D eigenvalue weighted by molar-refractivity contribution is -0.131. The van der Waals surface area contributed by atoms with Crippen molar-refractivity contribution in [1.29, 1.82) is 5.26 Å². The predicted octanol–water partition coefficient (Wildman–Crippen LogP) is 1.40. The van der Waals surface area contributed by atoms with Gasteiger partial charge in [-0.3, -0.25) is 4.79 Å². The lowest BCUT2D eigenvalue weighted by Gasteiger charge is -2.34. The van der Waals surface area contributed by atoms with E-state index in [-0.39, 0.29) is 12.5 Å². The Morgan fingerprint density at radius 1 is 1.41 bits per heavy atom. The van der Waals surface area contributed by atoms with Crippen molar-refractivity contribution >= 4 is 17.7 Å². The second kappa shape index (κ2) is 8.37. The van der Waals surface area contributed by atoms with Crippen LogP contribution in [0.4, 0.5) is 0 Å². The van der Waals surface area contributed by atoms with E-state index in [1.165, 1.54) is 31.0 Å². The molecule has 4 nitrogen and oxygen atoms in total. The van der Waals surface area contributed by atoms with Crippen molar-refractivity contribution in [3.8, 4) is 6.07 Å². The minimum Gasteiger partial charge on any atom is -0.395 e. The minimum absolute atomic E-state index is 0.0190. The number of nitrogens with zero attached hydrogens (tertiary/aromatic N) is 2. The van der Waals surface area contributed by atoms with E-state index in [9.17, 15) is 4.79 Å². The zero-order valence-corrected chi connectivity index (χ0v) is 10.9. The summed E-state index contributed by atoms with van der Waals surface area (Å²) in [6, 6.07) is 2.31. The molecule has 17 heavy (non-hydrogen) atoms. The summed E-state index contributed by atoms with van der Waals surface area (Å²) in [5, 5.41) is 17.5. The number of thioether (sulfide) groups is 1. The number of amides is 1. The highest BCUT2D eigenvalue weighted by molar-refractivity contribution is 8.00. The molecule has 1 N–H and O–H groups in total. The molecule has 1 aliphatic carbocycles. The van der Waals surface area contributed by atoms with Crippen LogP contribution in [0.3, 0.4) is 0 Å². The van der Waals surface area contributed by atoms with E-state index in [4.69, 9.17) is 10.4 Å². The average molecular weight is 256 g/mol. The van der Waals surface area contributed by atoms with Crippen molar-refractivity contribution < 1.29 is 9.90 Å². The van der Waals surface area contributed by atoms with Crippen LogP contribution >= 0.6 is 11.8 Å². The van der Waals surface area contributed by atoms with Gasteiger partial charge in [-0.1, -0.05) is 19.3 Å². The van der Waals surface area contributed by atoms with Crippen molar-refractivity contribution in [3.05, 3.63) is 0 Å². The summed E-state index contributed by atoms with van der Waals surface area (Å²) in [7, 11) is 0. The van der Waals surface area contributed by atoms with Crippen molar-refractivity contribution in [1.82, 2.24) is 4.90 Å². The smallest absolute Gasteiger partial charge is 0.232 e. The van der Waals surface area contributed by atoms with Crippen LogP contribution in [0.5, 0.6) is 0 Å². The summed E-state index contributed by atoms with van der Waals surface area (Å²) in [6.07, 6.45) is 5.70. The fraction of sp³-hybridized carbons (Fsp3) is 0.833. The summed E-state index contributed by atoms with van der Waals surface area (Å²) < 4.78 is 0. The van der Waals surface area contributed by atoms with Gasteiger partial charge in [-0.15, -0.1) is 11.8 Å². The molecule has 1 rings (SSSR count). The van der Waals surface area contributed by atoms with Crippen molar-refractivity contribution in [2.45, 2.75) is 38.1 Å². The van der Waals surface area contributed by atoms with E-state index in [1.807, 2.05) is 11.0 Å². The molecule has 0 aromatic carbocycles. The van der Waals surface area contributed by atoms with Crippen LogP contribution in [0, 0.1) is 11.3 Å². The predicted molar refractivity (Wildman–Crippen MR) is 68.6 cm³/mol. The van der Waals surface area contributed by atoms with Gasteiger partial charge in [0.05, 0.1) is 24.2 Å². The van der Waals surface area contributed by atoms with E-state index in [0.717, 1.165) is 12.8 Å². The van der Waals surface area contributed by atoms with Gasteiger partial charge < -0.3 is 10.0 Å². The highest BCUT2D eigenvalue weighted by atomic mass is 32.2.